The summed E-state index contributed by atoms with van der Waals surface area (Å²) in [4.78, 5) is 24.9. The first-order chi connectivity index (χ1) is 14.7. The Morgan fingerprint density at radius 1 is 1.29 bits per heavy atom. The number of hydrogen-bond acceptors (Lipinski definition) is 5. The third-order valence-corrected chi connectivity index (χ3v) is 6.01. The maximum Gasteiger partial charge on any atom is 0.408 e. The Morgan fingerprint density at radius 2 is 2.10 bits per heavy atom. The van der Waals surface area contributed by atoms with E-state index in [-0.39, 0.29) is 38.3 Å². The highest BCUT2D eigenvalue weighted by molar-refractivity contribution is 5.84. The summed E-state index contributed by atoms with van der Waals surface area (Å²) in [5.74, 6) is -0.749. The highest BCUT2D eigenvalue weighted by Crippen LogP contribution is 2.39. The summed E-state index contributed by atoms with van der Waals surface area (Å²) in [5.41, 5.74) is 2.64. The van der Waals surface area contributed by atoms with Gasteiger partial charge in [-0.2, -0.15) is 13.2 Å². The van der Waals surface area contributed by atoms with Gasteiger partial charge in [-0.15, -0.1) is 0 Å². The number of hydrogen-bond donors (Lipinski definition) is 4. The molecule has 0 spiro atoms. The number of urea groups is 1. The number of halogens is 3. The summed E-state index contributed by atoms with van der Waals surface area (Å²) in [6.07, 6.45) is -4.31. The van der Waals surface area contributed by atoms with Crippen LogP contribution in [0.2, 0.25) is 0 Å². The molecule has 2 bridgehead atoms. The fraction of sp³-hybridized carbons (Fsp3) is 0.600. The van der Waals surface area contributed by atoms with E-state index in [0.29, 0.717) is 12.8 Å². The number of carbonyl (C=O) groups excluding carboxylic acids is 2. The molecular formula is C20H25F3N4O4. The van der Waals surface area contributed by atoms with Crippen molar-refractivity contribution in [2.45, 2.75) is 56.3 Å². The van der Waals surface area contributed by atoms with Crippen LogP contribution >= 0.6 is 0 Å². The lowest BCUT2D eigenvalue weighted by molar-refractivity contribution is -0.182. The molecule has 11 heteroatoms. The monoisotopic (exact) mass is 442 g/mol. The Morgan fingerprint density at radius 3 is 2.87 bits per heavy atom. The fourth-order valence-corrected chi connectivity index (χ4v) is 4.39. The topological polar surface area (TPSA) is 103 Å². The van der Waals surface area contributed by atoms with E-state index in [1.165, 1.54) is 0 Å². The number of rotatable bonds is 4. The number of amides is 3. The molecular weight excluding hydrogens is 417 g/mol. The summed E-state index contributed by atoms with van der Waals surface area (Å²) < 4.78 is 44.6. The zero-order valence-corrected chi connectivity index (χ0v) is 16.7. The molecule has 4 rings (SSSR count). The maximum absolute atomic E-state index is 13.0. The number of alkyl halides is 3. The SMILES string of the molecule is O=C(NCC(=O)N1CCC[C@@H]1C(F)(F)F)NCc1ccc2c(c1)C1CC(N2)[C@H](O)CO1. The van der Waals surface area contributed by atoms with Crippen molar-refractivity contribution in [3.8, 4) is 0 Å². The van der Waals surface area contributed by atoms with Crippen molar-refractivity contribution >= 4 is 17.6 Å². The zero-order valence-electron chi connectivity index (χ0n) is 16.7. The maximum atomic E-state index is 13.0. The van der Waals surface area contributed by atoms with Gasteiger partial charge in [0.15, 0.2) is 0 Å². The number of benzene rings is 1. The lowest BCUT2D eigenvalue weighted by atomic mass is 9.89. The van der Waals surface area contributed by atoms with Gasteiger partial charge in [-0.3, -0.25) is 4.79 Å². The van der Waals surface area contributed by atoms with Crippen molar-refractivity contribution in [1.82, 2.24) is 15.5 Å². The molecule has 0 aliphatic carbocycles. The summed E-state index contributed by atoms with van der Waals surface area (Å²) in [6.45, 7) is -0.0173. The first kappa shape index (κ1) is 21.7. The molecule has 2 fully saturated rings. The fourth-order valence-electron chi connectivity index (χ4n) is 4.39. The van der Waals surface area contributed by atoms with Crippen LogP contribution in [0.4, 0.5) is 23.7 Å². The highest BCUT2D eigenvalue weighted by Gasteiger charge is 2.47. The van der Waals surface area contributed by atoms with Crippen LogP contribution in [0.5, 0.6) is 0 Å². The molecule has 1 aromatic rings. The highest BCUT2D eigenvalue weighted by atomic mass is 19.4. The van der Waals surface area contributed by atoms with Gasteiger partial charge in [0.2, 0.25) is 5.91 Å². The largest absolute Gasteiger partial charge is 0.408 e. The van der Waals surface area contributed by atoms with Crippen LogP contribution in [0.1, 0.15) is 36.5 Å². The molecule has 0 saturated carbocycles. The molecule has 170 valence electrons. The zero-order chi connectivity index (χ0) is 22.2. The number of aliphatic hydroxyl groups excluding tert-OH is 1. The summed E-state index contributed by atoms with van der Waals surface area (Å²) >= 11 is 0. The molecule has 8 nitrogen and oxygen atoms in total. The number of likely N-dealkylation sites (tertiary alicyclic amines) is 1. The molecule has 3 amide bonds. The normalized spacial score (nSPS) is 27.3. The first-order valence-corrected chi connectivity index (χ1v) is 10.3. The Balaban J connectivity index is 1.27. The van der Waals surface area contributed by atoms with Crippen LogP contribution in [0.25, 0.3) is 0 Å². The lowest BCUT2D eigenvalue weighted by Crippen LogP contribution is -2.49. The Labute approximate surface area is 177 Å². The molecule has 1 aromatic carbocycles. The number of anilines is 1. The minimum absolute atomic E-state index is 0.0383. The molecule has 31 heavy (non-hydrogen) atoms. The number of carbonyl (C=O) groups is 2. The predicted molar refractivity (Wildman–Crippen MR) is 104 cm³/mol. The number of nitrogens with one attached hydrogen (secondary N) is 3. The quantitative estimate of drug-likeness (QED) is 0.568. The number of nitrogens with zero attached hydrogens (tertiary/aromatic N) is 1. The van der Waals surface area contributed by atoms with Crippen molar-refractivity contribution in [3.05, 3.63) is 29.3 Å². The minimum atomic E-state index is -4.46. The molecule has 3 heterocycles. The van der Waals surface area contributed by atoms with E-state index >= 15 is 0 Å². The molecule has 2 saturated heterocycles. The van der Waals surface area contributed by atoms with Crippen LogP contribution in [0, 0.1) is 0 Å². The van der Waals surface area contributed by atoms with Crippen molar-refractivity contribution in [1.29, 1.82) is 0 Å². The van der Waals surface area contributed by atoms with Gasteiger partial charge in [0, 0.05) is 30.8 Å². The number of fused-ring (bicyclic) bond motifs is 4. The van der Waals surface area contributed by atoms with Crippen LogP contribution in [-0.2, 0) is 16.1 Å². The van der Waals surface area contributed by atoms with E-state index in [1.807, 2.05) is 18.2 Å². The standard InChI is InChI=1S/C20H25F3N4O4/c21-20(22,23)17-2-1-5-27(17)18(29)9-25-19(30)24-8-11-3-4-13-12(6-11)16-7-14(26-13)15(28)10-31-16/h3-4,6,14-17,26,28H,1-2,5,7-10H2,(H2,24,25,30)/t14?,15-,16?,17-/m1/s1. The van der Waals surface area contributed by atoms with E-state index in [9.17, 15) is 27.9 Å². The van der Waals surface area contributed by atoms with Crippen LogP contribution in [-0.4, -0.2) is 66.0 Å². The van der Waals surface area contributed by atoms with Crippen molar-refractivity contribution in [2.75, 3.05) is 25.0 Å². The van der Waals surface area contributed by atoms with Gasteiger partial charge in [0.1, 0.15) is 6.04 Å². The van der Waals surface area contributed by atoms with Crippen LogP contribution in [0.15, 0.2) is 18.2 Å². The van der Waals surface area contributed by atoms with Gasteiger partial charge in [-0.05, 0) is 30.5 Å². The lowest BCUT2D eigenvalue weighted by Gasteiger charge is -2.40. The Hall–Kier alpha value is -2.53. The van der Waals surface area contributed by atoms with E-state index in [4.69, 9.17) is 4.74 Å². The van der Waals surface area contributed by atoms with Crippen molar-refractivity contribution in [3.63, 3.8) is 0 Å². The second-order valence-corrected chi connectivity index (χ2v) is 8.12. The van der Waals surface area contributed by atoms with Crippen molar-refractivity contribution in [2.24, 2.45) is 0 Å². The first-order valence-electron chi connectivity index (χ1n) is 10.3. The van der Waals surface area contributed by atoms with Gasteiger partial charge in [-0.25, -0.2) is 4.79 Å². The predicted octanol–water partition coefficient (Wildman–Crippen LogP) is 1.66. The molecule has 4 N–H and O–H groups in total. The van der Waals surface area contributed by atoms with Gasteiger partial charge in [0.05, 0.1) is 31.4 Å². The molecule has 3 aliphatic heterocycles. The Bertz CT molecular complexity index is 850. The van der Waals surface area contributed by atoms with E-state index in [0.717, 1.165) is 21.7 Å². The summed E-state index contributed by atoms with van der Waals surface area (Å²) in [6, 6.07) is 3.12. The summed E-state index contributed by atoms with van der Waals surface area (Å²) in [5, 5.41) is 18.2. The van der Waals surface area contributed by atoms with Gasteiger partial charge < -0.3 is 30.7 Å². The second-order valence-electron chi connectivity index (χ2n) is 8.12. The molecule has 2 unspecified atom stereocenters. The van der Waals surface area contributed by atoms with E-state index in [1.54, 1.807) is 0 Å². The van der Waals surface area contributed by atoms with Gasteiger partial charge in [-0.1, -0.05) is 6.07 Å². The number of ether oxygens (including phenoxy) is 1. The smallest absolute Gasteiger partial charge is 0.389 e. The van der Waals surface area contributed by atoms with Crippen LogP contribution < -0.4 is 16.0 Å². The van der Waals surface area contributed by atoms with E-state index < -0.39 is 36.8 Å². The summed E-state index contributed by atoms with van der Waals surface area (Å²) in [7, 11) is 0. The third kappa shape index (κ3) is 4.72. The third-order valence-electron chi connectivity index (χ3n) is 6.01. The van der Waals surface area contributed by atoms with Gasteiger partial charge in [0.25, 0.3) is 0 Å². The van der Waals surface area contributed by atoms with Crippen LogP contribution in [0.3, 0.4) is 0 Å². The minimum Gasteiger partial charge on any atom is -0.389 e. The second kappa shape index (κ2) is 8.54. The molecule has 4 atom stereocenters. The molecule has 0 radical (unpaired) electrons. The Kier molecular flexibility index (Phi) is 5.98. The number of aliphatic hydroxyl groups is 1. The molecule has 3 aliphatic rings. The average Bonchev–Trinajstić information content (AvgIpc) is 3.24. The van der Waals surface area contributed by atoms with E-state index in [2.05, 4.69) is 16.0 Å². The molecule has 0 aromatic heterocycles. The van der Waals surface area contributed by atoms with Gasteiger partial charge >= 0.3 is 12.2 Å². The van der Waals surface area contributed by atoms with Crippen molar-refractivity contribution < 1.29 is 32.6 Å². The average molecular weight is 442 g/mol.